The molecule has 0 radical (unpaired) electrons. The van der Waals surface area contributed by atoms with Gasteiger partial charge in [0.25, 0.3) is 5.91 Å². The first kappa shape index (κ1) is 25.5. The quantitative estimate of drug-likeness (QED) is 0.202. The van der Waals surface area contributed by atoms with Crippen LogP contribution < -0.4 is 15.5 Å². The summed E-state index contributed by atoms with van der Waals surface area (Å²) in [6, 6.07) is 28.4. The molecular weight excluding hydrogens is 458 g/mol. The summed E-state index contributed by atoms with van der Waals surface area (Å²) in [6.45, 7) is 4.12. The van der Waals surface area contributed by atoms with Gasteiger partial charge < -0.3 is 15.5 Å². The number of rotatable bonds is 8. The van der Waals surface area contributed by atoms with E-state index in [1.165, 1.54) is 5.56 Å². The molecule has 5 nitrogen and oxygen atoms in total. The number of aryl methyl sites for hydroxylation is 1. The van der Waals surface area contributed by atoms with Gasteiger partial charge in [0, 0.05) is 36.7 Å². The summed E-state index contributed by atoms with van der Waals surface area (Å²) in [4.78, 5) is 27.7. The van der Waals surface area contributed by atoms with Crippen LogP contribution >= 0.6 is 0 Å². The molecule has 0 atom stereocenters. The van der Waals surface area contributed by atoms with E-state index >= 15 is 0 Å². The van der Waals surface area contributed by atoms with Crippen LogP contribution in [-0.4, -0.2) is 25.8 Å². The van der Waals surface area contributed by atoms with Crippen LogP contribution in [0.3, 0.4) is 0 Å². The molecule has 4 aromatic carbocycles. The van der Waals surface area contributed by atoms with E-state index in [9.17, 15) is 9.59 Å². The number of allylic oxidation sites excluding steroid dienone is 1. The van der Waals surface area contributed by atoms with E-state index in [1.807, 2.05) is 73.6 Å². The summed E-state index contributed by atoms with van der Waals surface area (Å²) in [5.74, 6) is -0.328. The number of ketones is 1. The van der Waals surface area contributed by atoms with Crippen molar-refractivity contribution in [3.8, 4) is 0 Å². The maximum atomic E-state index is 13.1. The maximum absolute atomic E-state index is 13.1. The molecular formula is C32H31N3O2. The summed E-state index contributed by atoms with van der Waals surface area (Å²) < 4.78 is 0. The number of benzene rings is 4. The van der Waals surface area contributed by atoms with Gasteiger partial charge in [-0.1, -0.05) is 42.5 Å². The predicted molar refractivity (Wildman–Crippen MR) is 154 cm³/mol. The number of carbonyl (C=O) groups excluding carboxylic acids is 2. The molecule has 0 spiro atoms. The third kappa shape index (κ3) is 6.33. The Morgan fingerprint density at radius 1 is 0.757 bits per heavy atom. The van der Waals surface area contributed by atoms with E-state index in [-0.39, 0.29) is 11.7 Å². The molecule has 5 heteroatoms. The number of hydrogen-bond donors (Lipinski definition) is 2. The lowest BCUT2D eigenvalue weighted by Gasteiger charge is -2.15. The molecule has 0 saturated carbocycles. The zero-order valence-corrected chi connectivity index (χ0v) is 21.6. The van der Waals surface area contributed by atoms with E-state index < -0.39 is 0 Å². The van der Waals surface area contributed by atoms with Gasteiger partial charge in [0.2, 0.25) is 0 Å². The third-order valence-electron chi connectivity index (χ3n) is 6.31. The lowest BCUT2D eigenvalue weighted by Crippen LogP contribution is -2.14. The number of anilines is 4. The lowest BCUT2D eigenvalue weighted by molar-refractivity contribution is 0.102. The molecule has 2 N–H and O–H groups in total. The highest BCUT2D eigenvalue weighted by Gasteiger charge is 2.13. The van der Waals surface area contributed by atoms with Crippen LogP contribution in [0.5, 0.6) is 0 Å². The topological polar surface area (TPSA) is 61.4 Å². The van der Waals surface area contributed by atoms with Crippen LogP contribution in [0.1, 0.15) is 37.4 Å². The highest BCUT2D eigenvalue weighted by Crippen LogP contribution is 2.26. The number of nitrogens with one attached hydrogen (secondary N) is 2. The van der Waals surface area contributed by atoms with Gasteiger partial charge >= 0.3 is 0 Å². The Balaban J connectivity index is 1.42. The van der Waals surface area contributed by atoms with Crippen molar-refractivity contribution in [1.82, 2.24) is 0 Å². The molecule has 0 heterocycles. The SMILES string of the molecule is Cc1cccc(Nc2ccccc2C(=O)Nc2ccc(C(=O)/C=C/c3ccc(N(C)C)cc3)cc2)c1C. The van der Waals surface area contributed by atoms with Gasteiger partial charge in [-0.15, -0.1) is 0 Å². The number of amides is 1. The first-order valence-electron chi connectivity index (χ1n) is 12.2. The van der Waals surface area contributed by atoms with Crippen molar-refractivity contribution >= 4 is 40.5 Å². The van der Waals surface area contributed by atoms with E-state index in [2.05, 4.69) is 30.5 Å². The maximum Gasteiger partial charge on any atom is 0.257 e. The minimum atomic E-state index is -0.228. The molecule has 0 bridgehead atoms. The first-order chi connectivity index (χ1) is 17.8. The van der Waals surface area contributed by atoms with Crippen molar-refractivity contribution in [2.24, 2.45) is 0 Å². The fraction of sp³-hybridized carbons (Fsp3) is 0.125. The molecule has 4 aromatic rings. The smallest absolute Gasteiger partial charge is 0.257 e. The molecule has 1 amide bonds. The average Bonchev–Trinajstić information content (AvgIpc) is 2.91. The molecule has 0 aliphatic heterocycles. The van der Waals surface area contributed by atoms with Gasteiger partial charge in [-0.3, -0.25) is 9.59 Å². The molecule has 0 fully saturated rings. The molecule has 0 aliphatic rings. The second-order valence-electron chi connectivity index (χ2n) is 9.13. The first-order valence-corrected chi connectivity index (χ1v) is 12.2. The highest BCUT2D eigenvalue weighted by molar-refractivity contribution is 6.09. The van der Waals surface area contributed by atoms with Crippen molar-refractivity contribution in [2.45, 2.75) is 13.8 Å². The van der Waals surface area contributed by atoms with E-state index in [4.69, 9.17) is 0 Å². The number of nitrogens with zero attached hydrogens (tertiary/aromatic N) is 1. The lowest BCUT2D eigenvalue weighted by atomic mass is 10.1. The Morgan fingerprint density at radius 3 is 2.14 bits per heavy atom. The molecule has 37 heavy (non-hydrogen) atoms. The average molecular weight is 490 g/mol. The molecule has 0 unspecified atom stereocenters. The second-order valence-corrected chi connectivity index (χ2v) is 9.13. The zero-order chi connectivity index (χ0) is 26.4. The van der Waals surface area contributed by atoms with Crippen molar-refractivity contribution in [1.29, 1.82) is 0 Å². The largest absolute Gasteiger partial charge is 0.378 e. The van der Waals surface area contributed by atoms with Crippen LogP contribution in [-0.2, 0) is 0 Å². The minimum absolute atomic E-state index is 0.0994. The number of para-hydroxylation sites is 1. The molecule has 0 saturated heterocycles. The molecule has 0 aliphatic carbocycles. The van der Waals surface area contributed by atoms with E-state index in [1.54, 1.807) is 42.5 Å². The van der Waals surface area contributed by atoms with Crippen LogP contribution in [0.15, 0.2) is 97.1 Å². The number of hydrogen-bond acceptors (Lipinski definition) is 4. The van der Waals surface area contributed by atoms with Gasteiger partial charge in [0.1, 0.15) is 0 Å². The zero-order valence-electron chi connectivity index (χ0n) is 21.6. The van der Waals surface area contributed by atoms with Crippen molar-refractivity contribution in [2.75, 3.05) is 29.6 Å². The standard InChI is InChI=1S/C32H31N3O2/c1-22-8-7-11-29(23(22)2)34-30-10-6-5-9-28(30)32(37)33-26-17-15-25(16-18-26)31(36)21-14-24-12-19-27(20-13-24)35(3)4/h5-21,34H,1-4H3,(H,33,37)/b21-14+. The summed E-state index contributed by atoms with van der Waals surface area (Å²) in [6.07, 6.45) is 3.37. The highest BCUT2D eigenvalue weighted by atomic mass is 16.1. The van der Waals surface area contributed by atoms with Crippen molar-refractivity contribution in [3.63, 3.8) is 0 Å². The van der Waals surface area contributed by atoms with E-state index in [0.717, 1.165) is 28.2 Å². The summed E-state index contributed by atoms with van der Waals surface area (Å²) in [5, 5.41) is 6.33. The van der Waals surface area contributed by atoms with Crippen LogP contribution in [0.4, 0.5) is 22.7 Å². The molecule has 186 valence electrons. The predicted octanol–water partition coefficient (Wildman–Crippen LogP) is 7.26. The van der Waals surface area contributed by atoms with Gasteiger partial charge in [0.05, 0.1) is 11.3 Å². The Kier molecular flexibility index (Phi) is 7.84. The fourth-order valence-corrected chi connectivity index (χ4v) is 3.89. The Morgan fingerprint density at radius 2 is 1.43 bits per heavy atom. The molecule has 4 rings (SSSR count). The Labute approximate surface area is 218 Å². The monoisotopic (exact) mass is 489 g/mol. The summed E-state index contributed by atoms with van der Waals surface area (Å²) >= 11 is 0. The van der Waals surface area contributed by atoms with Crippen molar-refractivity contribution in [3.05, 3.63) is 125 Å². The Hall–Kier alpha value is -4.64. The van der Waals surface area contributed by atoms with Crippen LogP contribution in [0.25, 0.3) is 6.08 Å². The van der Waals surface area contributed by atoms with Crippen LogP contribution in [0.2, 0.25) is 0 Å². The summed E-state index contributed by atoms with van der Waals surface area (Å²) in [7, 11) is 3.98. The van der Waals surface area contributed by atoms with Gasteiger partial charge in [-0.2, -0.15) is 0 Å². The van der Waals surface area contributed by atoms with Gasteiger partial charge in [0.15, 0.2) is 5.78 Å². The summed E-state index contributed by atoms with van der Waals surface area (Å²) in [5.41, 5.74) is 7.76. The normalized spacial score (nSPS) is 10.8. The van der Waals surface area contributed by atoms with Gasteiger partial charge in [-0.25, -0.2) is 0 Å². The van der Waals surface area contributed by atoms with E-state index in [0.29, 0.717) is 16.8 Å². The third-order valence-corrected chi connectivity index (χ3v) is 6.31. The second kappa shape index (κ2) is 11.4. The van der Waals surface area contributed by atoms with Crippen LogP contribution in [0, 0.1) is 13.8 Å². The number of carbonyl (C=O) groups is 2. The van der Waals surface area contributed by atoms with Crippen molar-refractivity contribution < 1.29 is 9.59 Å². The minimum Gasteiger partial charge on any atom is -0.378 e. The Bertz CT molecular complexity index is 1440. The fourth-order valence-electron chi connectivity index (χ4n) is 3.89. The van der Waals surface area contributed by atoms with Gasteiger partial charge in [-0.05, 0) is 91.2 Å². The molecule has 0 aromatic heterocycles.